The Balaban J connectivity index is 1.63. The van der Waals surface area contributed by atoms with Crippen LogP contribution in [0.25, 0.3) is 11.3 Å². The third kappa shape index (κ3) is 3.84. The summed E-state index contributed by atoms with van der Waals surface area (Å²) in [4.78, 5) is 13.1. The van der Waals surface area contributed by atoms with Gasteiger partial charge in [-0.1, -0.05) is 37.6 Å². The summed E-state index contributed by atoms with van der Waals surface area (Å²) < 4.78 is 5.52. The van der Waals surface area contributed by atoms with Crippen molar-refractivity contribution in [3.63, 3.8) is 0 Å². The number of hydrogen-bond acceptors (Lipinski definition) is 4. The zero-order valence-corrected chi connectivity index (χ0v) is 17.7. The Kier molecular flexibility index (Phi) is 4.81. The molecule has 3 aromatic rings. The van der Waals surface area contributed by atoms with Gasteiger partial charge in [0, 0.05) is 23.2 Å². The van der Waals surface area contributed by atoms with Crippen molar-refractivity contribution >= 4 is 11.6 Å². The number of amides is 1. The van der Waals surface area contributed by atoms with Gasteiger partial charge < -0.3 is 9.84 Å². The van der Waals surface area contributed by atoms with Crippen molar-refractivity contribution in [1.29, 1.82) is 0 Å². The summed E-state index contributed by atoms with van der Waals surface area (Å²) in [6.45, 7) is 10.7. The first-order chi connectivity index (χ1) is 13.7. The third-order valence-corrected chi connectivity index (χ3v) is 5.88. The lowest BCUT2D eigenvalue weighted by Crippen LogP contribution is -2.27. The monoisotopic (exact) mass is 392 g/mol. The average molecular weight is 393 g/mol. The van der Waals surface area contributed by atoms with Gasteiger partial charge >= 0.3 is 0 Å². The number of nitrogens with zero attached hydrogens (tertiary/aromatic N) is 2. The molecule has 0 bridgehead atoms. The molecular weight excluding hydrogens is 364 g/mol. The molecule has 0 aliphatic heterocycles. The van der Waals surface area contributed by atoms with Gasteiger partial charge in [0.05, 0.1) is 11.4 Å². The second-order valence-corrected chi connectivity index (χ2v) is 9.18. The van der Waals surface area contributed by atoms with Crippen LogP contribution >= 0.6 is 0 Å². The van der Waals surface area contributed by atoms with Crippen molar-refractivity contribution in [2.24, 2.45) is 11.3 Å². The smallest absolute Gasteiger partial charge is 0.278 e. The van der Waals surface area contributed by atoms with E-state index in [1.54, 1.807) is 0 Å². The van der Waals surface area contributed by atoms with E-state index in [4.69, 9.17) is 4.52 Å². The predicted molar refractivity (Wildman–Crippen MR) is 113 cm³/mol. The lowest BCUT2D eigenvalue weighted by atomic mass is 9.71. The van der Waals surface area contributed by atoms with Gasteiger partial charge in [0.1, 0.15) is 5.76 Å². The van der Waals surface area contributed by atoms with Crippen LogP contribution in [0.15, 0.2) is 28.8 Å². The van der Waals surface area contributed by atoms with Gasteiger partial charge in [-0.15, -0.1) is 0 Å². The Morgan fingerprint density at radius 2 is 2.03 bits per heavy atom. The zero-order valence-electron chi connectivity index (χ0n) is 17.7. The van der Waals surface area contributed by atoms with Gasteiger partial charge in [0.15, 0.2) is 5.69 Å². The Morgan fingerprint density at radius 1 is 1.24 bits per heavy atom. The van der Waals surface area contributed by atoms with Gasteiger partial charge in [0.2, 0.25) is 0 Å². The van der Waals surface area contributed by atoms with Crippen LogP contribution in [0.2, 0.25) is 0 Å². The van der Waals surface area contributed by atoms with Crippen LogP contribution < -0.4 is 5.32 Å². The molecule has 0 saturated carbocycles. The fourth-order valence-corrected chi connectivity index (χ4v) is 4.04. The third-order valence-electron chi connectivity index (χ3n) is 5.88. The highest BCUT2D eigenvalue weighted by atomic mass is 16.5. The summed E-state index contributed by atoms with van der Waals surface area (Å²) in [5.74, 6) is 1.12. The second kappa shape index (κ2) is 7.17. The van der Waals surface area contributed by atoms with E-state index in [-0.39, 0.29) is 11.3 Å². The predicted octanol–water partition coefficient (Wildman–Crippen LogP) is 5.08. The Hall–Kier alpha value is -2.89. The van der Waals surface area contributed by atoms with Crippen molar-refractivity contribution < 1.29 is 9.32 Å². The minimum atomic E-state index is -0.234. The molecule has 0 fully saturated rings. The van der Waals surface area contributed by atoms with Crippen LogP contribution in [0.5, 0.6) is 0 Å². The summed E-state index contributed by atoms with van der Waals surface area (Å²) in [6.07, 6.45) is 2.72. The number of rotatable bonds is 3. The fourth-order valence-electron chi connectivity index (χ4n) is 4.04. The molecule has 1 atom stereocenters. The average Bonchev–Trinajstić information content (AvgIpc) is 3.28. The first kappa shape index (κ1) is 19.4. The quantitative estimate of drug-likeness (QED) is 0.651. The molecule has 29 heavy (non-hydrogen) atoms. The number of carbonyl (C=O) groups is 1. The zero-order chi connectivity index (χ0) is 20.8. The molecule has 1 aromatic carbocycles. The standard InChI is InChI=1S/C23H28N4O2/c1-13-6-8-18(16(10-13)19-11-14(2)25-26-19)24-22(28)21-17-12-15(23(3,4)5)7-9-20(17)29-27-21/h6,8,10-11,15H,7,9,12H2,1-5H3,(H,24,28)(H,25,26). The first-order valence-electron chi connectivity index (χ1n) is 10.1. The molecule has 1 unspecified atom stereocenters. The summed E-state index contributed by atoms with van der Waals surface area (Å²) in [5.41, 5.74) is 6.01. The van der Waals surface area contributed by atoms with E-state index in [0.29, 0.717) is 17.3 Å². The van der Waals surface area contributed by atoms with Crippen LogP contribution in [-0.4, -0.2) is 21.3 Å². The highest BCUT2D eigenvalue weighted by Gasteiger charge is 2.34. The van der Waals surface area contributed by atoms with Gasteiger partial charge in [-0.25, -0.2) is 0 Å². The molecule has 2 N–H and O–H groups in total. The van der Waals surface area contributed by atoms with E-state index in [1.165, 1.54) is 0 Å². The van der Waals surface area contributed by atoms with Crippen molar-refractivity contribution in [2.45, 2.75) is 53.9 Å². The molecule has 0 saturated heterocycles. The molecule has 6 heteroatoms. The fraction of sp³-hybridized carbons (Fsp3) is 0.435. The summed E-state index contributed by atoms with van der Waals surface area (Å²) in [5, 5.41) is 14.5. The molecule has 1 aliphatic rings. The summed E-state index contributed by atoms with van der Waals surface area (Å²) in [6, 6.07) is 7.89. The normalized spacial score (nSPS) is 16.5. The lowest BCUT2D eigenvalue weighted by Gasteiger charge is -2.33. The molecule has 0 spiro atoms. The molecule has 2 aromatic heterocycles. The minimum Gasteiger partial charge on any atom is -0.360 e. The van der Waals surface area contributed by atoms with Crippen molar-refractivity contribution in [1.82, 2.24) is 15.4 Å². The van der Waals surface area contributed by atoms with Gasteiger partial charge in [-0.3, -0.25) is 9.89 Å². The number of aromatic nitrogens is 3. The highest BCUT2D eigenvalue weighted by Crippen LogP contribution is 2.38. The Morgan fingerprint density at radius 3 is 2.72 bits per heavy atom. The SMILES string of the molecule is Cc1ccc(NC(=O)c2noc3c2CC(C(C)(C)C)CC3)c(-c2cc(C)[nH]n2)c1. The maximum absolute atomic E-state index is 13.1. The van der Waals surface area contributed by atoms with E-state index < -0.39 is 0 Å². The van der Waals surface area contributed by atoms with Crippen LogP contribution in [0.3, 0.4) is 0 Å². The van der Waals surface area contributed by atoms with Crippen LogP contribution in [-0.2, 0) is 12.8 Å². The topological polar surface area (TPSA) is 83.8 Å². The van der Waals surface area contributed by atoms with Crippen LogP contribution in [0.4, 0.5) is 5.69 Å². The van der Waals surface area contributed by atoms with Crippen molar-refractivity contribution in [3.8, 4) is 11.3 Å². The Labute approximate surface area is 171 Å². The molecule has 1 amide bonds. The largest absolute Gasteiger partial charge is 0.360 e. The molecule has 6 nitrogen and oxygen atoms in total. The number of aromatic amines is 1. The van der Waals surface area contributed by atoms with Gasteiger partial charge in [-0.05, 0) is 56.2 Å². The number of anilines is 1. The second-order valence-electron chi connectivity index (χ2n) is 9.18. The van der Waals surface area contributed by atoms with E-state index >= 15 is 0 Å². The molecule has 0 radical (unpaired) electrons. The lowest BCUT2D eigenvalue weighted by molar-refractivity contribution is 0.101. The van der Waals surface area contributed by atoms with Crippen LogP contribution in [0.1, 0.15) is 60.3 Å². The molecule has 2 heterocycles. The number of fused-ring (bicyclic) bond motifs is 1. The van der Waals surface area contributed by atoms with E-state index in [9.17, 15) is 4.79 Å². The van der Waals surface area contributed by atoms with Gasteiger partial charge in [-0.2, -0.15) is 5.10 Å². The molecular formula is C23H28N4O2. The summed E-state index contributed by atoms with van der Waals surface area (Å²) in [7, 11) is 0. The number of nitrogens with one attached hydrogen (secondary N) is 2. The first-order valence-corrected chi connectivity index (χ1v) is 10.1. The van der Waals surface area contributed by atoms with E-state index in [2.05, 4.69) is 41.4 Å². The van der Waals surface area contributed by atoms with Crippen LogP contribution in [0, 0.1) is 25.2 Å². The van der Waals surface area contributed by atoms with E-state index in [1.807, 2.05) is 38.1 Å². The molecule has 4 rings (SSSR count). The van der Waals surface area contributed by atoms with Crippen molar-refractivity contribution in [2.75, 3.05) is 5.32 Å². The Bertz CT molecular complexity index is 1060. The maximum atomic E-state index is 13.1. The number of aryl methyl sites for hydroxylation is 3. The van der Waals surface area contributed by atoms with Gasteiger partial charge in [0.25, 0.3) is 5.91 Å². The van der Waals surface area contributed by atoms with Crippen molar-refractivity contribution in [3.05, 3.63) is 52.5 Å². The highest BCUT2D eigenvalue weighted by molar-refractivity contribution is 6.06. The van der Waals surface area contributed by atoms with E-state index in [0.717, 1.165) is 53.1 Å². The number of carbonyl (C=O) groups excluding carboxylic acids is 1. The number of benzene rings is 1. The minimum absolute atomic E-state index is 0.185. The molecule has 1 aliphatic carbocycles. The maximum Gasteiger partial charge on any atom is 0.278 e. The number of H-pyrrole nitrogens is 1. The number of hydrogen-bond donors (Lipinski definition) is 2. The molecule has 152 valence electrons. The summed E-state index contributed by atoms with van der Waals surface area (Å²) >= 11 is 0.